The third kappa shape index (κ3) is 2.36. The summed E-state index contributed by atoms with van der Waals surface area (Å²) < 4.78 is 15.2. The molecule has 0 spiro atoms. The van der Waals surface area contributed by atoms with Gasteiger partial charge < -0.3 is 15.2 Å². The Balaban J connectivity index is 1.94. The van der Waals surface area contributed by atoms with E-state index in [1.54, 1.807) is 0 Å². The third-order valence-corrected chi connectivity index (χ3v) is 4.12. The van der Waals surface area contributed by atoms with Gasteiger partial charge in [-0.15, -0.1) is 5.10 Å². The van der Waals surface area contributed by atoms with Crippen LogP contribution in [0.1, 0.15) is 41.9 Å². The molecule has 106 valence electrons. The molecule has 2 aromatic rings. The number of hydrogen-bond donors (Lipinski definition) is 1. The lowest BCUT2D eigenvalue weighted by molar-refractivity contribution is 0.171. The number of ether oxygens (including phenoxy) is 2. The molecular weight excluding hydrogens is 274 g/mol. The predicted octanol–water partition coefficient (Wildman–Crippen LogP) is 2.48. The van der Waals surface area contributed by atoms with Gasteiger partial charge in [-0.2, -0.15) is 0 Å². The highest BCUT2D eigenvalue weighted by molar-refractivity contribution is 7.05. The molecular formula is C14H17N3O2S. The summed E-state index contributed by atoms with van der Waals surface area (Å²) in [6.07, 6.45) is 0. The van der Waals surface area contributed by atoms with E-state index < -0.39 is 0 Å². The Morgan fingerprint density at radius 1 is 1.20 bits per heavy atom. The van der Waals surface area contributed by atoms with Crippen molar-refractivity contribution in [3.63, 3.8) is 0 Å². The Hall–Kier alpha value is -1.66. The smallest absolute Gasteiger partial charge is 0.161 e. The maximum Gasteiger partial charge on any atom is 0.161 e. The average Bonchev–Trinajstić information content (AvgIpc) is 2.95. The van der Waals surface area contributed by atoms with Gasteiger partial charge in [0.25, 0.3) is 0 Å². The van der Waals surface area contributed by atoms with Crippen molar-refractivity contribution in [2.75, 3.05) is 13.2 Å². The molecule has 1 aromatic carbocycles. The van der Waals surface area contributed by atoms with Crippen LogP contribution < -0.4 is 15.2 Å². The van der Waals surface area contributed by atoms with Gasteiger partial charge in [-0.3, -0.25) is 0 Å². The Kier molecular flexibility index (Phi) is 3.58. The Labute approximate surface area is 121 Å². The van der Waals surface area contributed by atoms with Gasteiger partial charge in [0.05, 0.1) is 16.6 Å². The average molecular weight is 291 g/mol. The molecule has 1 unspecified atom stereocenters. The number of nitrogens with zero attached hydrogens (tertiary/aromatic N) is 2. The predicted molar refractivity (Wildman–Crippen MR) is 77.5 cm³/mol. The topological polar surface area (TPSA) is 70.3 Å². The van der Waals surface area contributed by atoms with Gasteiger partial charge in [0.15, 0.2) is 11.5 Å². The van der Waals surface area contributed by atoms with Gasteiger partial charge in [-0.05, 0) is 35.1 Å². The molecule has 0 bridgehead atoms. The fourth-order valence-corrected chi connectivity index (χ4v) is 3.06. The number of aromatic nitrogens is 2. The summed E-state index contributed by atoms with van der Waals surface area (Å²) in [4.78, 5) is 1.01. The van der Waals surface area contributed by atoms with Crippen LogP contribution in [0.3, 0.4) is 0 Å². The SMILES string of the molecule is CC(C)c1nnsc1C(N)c1ccc2c(c1)OCCO2. The minimum absolute atomic E-state index is 0.233. The van der Waals surface area contributed by atoms with Crippen molar-refractivity contribution in [1.29, 1.82) is 0 Å². The van der Waals surface area contributed by atoms with Gasteiger partial charge in [0.1, 0.15) is 13.2 Å². The van der Waals surface area contributed by atoms with Gasteiger partial charge in [0, 0.05) is 0 Å². The summed E-state index contributed by atoms with van der Waals surface area (Å²) in [5.74, 6) is 1.85. The molecule has 1 aliphatic rings. The second kappa shape index (κ2) is 5.38. The molecule has 0 fully saturated rings. The minimum atomic E-state index is -0.233. The highest BCUT2D eigenvalue weighted by Crippen LogP contribution is 2.35. The molecule has 0 amide bonds. The van der Waals surface area contributed by atoms with Crippen LogP contribution in [0, 0.1) is 0 Å². The lowest BCUT2D eigenvalue weighted by atomic mass is 10.0. The molecule has 5 nitrogen and oxygen atoms in total. The molecule has 3 rings (SSSR count). The van der Waals surface area contributed by atoms with Crippen molar-refractivity contribution in [1.82, 2.24) is 9.59 Å². The Morgan fingerprint density at radius 2 is 1.95 bits per heavy atom. The van der Waals surface area contributed by atoms with Crippen molar-refractivity contribution in [3.8, 4) is 11.5 Å². The fourth-order valence-electron chi connectivity index (χ4n) is 2.23. The number of hydrogen-bond acceptors (Lipinski definition) is 6. The van der Waals surface area contributed by atoms with Crippen LogP contribution in [0.5, 0.6) is 11.5 Å². The number of benzene rings is 1. The van der Waals surface area contributed by atoms with E-state index in [0.29, 0.717) is 19.1 Å². The summed E-state index contributed by atoms with van der Waals surface area (Å²) in [6.45, 7) is 5.35. The van der Waals surface area contributed by atoms with Crippen molar-refractivity contribution in [2.24, 2.45) is 5.73 Å². The molecule has 2 N–H and O–H groups in total. The first kappa shape index (κ1) is 13.3. The van der Waals surface area contributed by atoms with E-state index >= 15 is 0 Å². The molecule has 0 saturated heterocycles. The van der Waals surface area contributed by atoms with E-state index in [-0.39, 0.29) is 6.04 Å². The van der Waals surface area contributed by atoms with Crippen molar-refractivity contribution in [3.05, 3.63) is 34.3 Å². The molecule has 6 heteroatoms. The van der Waals surface area contributed by atoms with Crippen molar-refractivity contribution in [2.45, 2.75) is 25.8 Å². The fraction of sp³-hybridized carbons (Fsp3) is 0.429. The van der Waals surface area contributed by atoms with Crippen molar-refractivity contribution < 1.29 is 9.47 Å². The van der Waals surface area contributed by atoms with Gasteiger partial charge in [-0.1, -0.05) is 24.4 Å². The molecule has 20 heavy (non-hydrogen) atoms. The molecule has 0 saturated carbocycles. The first-order valence-electron chi connectivity index (χ1n) is 6.64. The Morgan fingerprint density at radius 3 is 2.70 bits per heavy atom. The van der Waals surface area contributed by atoms with Crippen LogP contribution in [0.2, 0.25) is 0 Å². The zero-order chi connectivity index (χ0) is 14.1. The lowest BCUT2D eigenvalue weighted by Crippen LogP contribution is -2.17. The second-order valence-electron chi connectivity index (χ2n) is 5.06. The highest BCUT2D eigenvalue weighted by atomic mass is 32.1. The Bertz CT molecular complexity index is 612. The molecule has 1 aromatic heterocycles. The van der Waals surface area contributed by atoms with Gasteiger partial charge >= 0.3 is 0 Å². The maximum absolute atomic E-state index is 6.37. The summed E-state index contributed by atoms with van der Waals surface area (Å²) in [7, 11) is 0. The zero-order valence-corrected chi connectivity index (χ0v) is 12.3. The van der Waals surface area contributed by atoms with Crippen LogP contribution in [0.25, 0.3) is 0 Å². The third-order valence-electron chi connectivity index (χ3n) is 3.29. The van der Waals surface area contributed by atoms with Crippen LogP contribution in [-0.2, 0) is 0 Å². The number of fused-ring (bicyclic) bond motifs is 1. The van der Waals surface area contributed by atoms with Crippen LogP contribution in [-0.4, -0.2) is 22.8 Å². The number of nitrogens with two attached hydrogens (primary N) is 1. The lowest BCUT2D eigenvalue weighted by Gasteiger charge is -2.20. The molecule has 0 aliphatic carbocycles. The summed E-state index contributed by atoms with van der Waals surface area (Å²) in [5.41, 5.74) is 8.32. The van der Waals surface area contributed by atoms with E-state index in [9.17, 15) is 0 Å². The van der Waals surface area contributed by atoms with Gasteiger partial charge in [-0.25, -0.2) is 0 Å². The first-order chi connectivity index (χ1) is 9.66. The van der Waals surface area contributed by atoms with E-state index in [1.165, 1.54) is 11.5 Å². The van der Waals surface area contributed by atoms with Crippen LogP contribution >= 0.6 is 11.5 Å². The maximum atomic E-state index is 6.37. The summed E-state index contributed by atoms with van der Waals surface area (Å²) in [5, 5.41) is 4.18. The number of rotatable bonds is 3. The van der Waals surface area contributed by atoms with Crippen molar-refractivity contribution >= 4 is 11.5 Å². The van der Waals surface area contributed by atoms with E-state index in [0.717, 1.165) is 27.6 Å². The standard InChI is InChI=1S/C14H17N3O2S/c1-8(2)13-14(20-17-16-13)12(15)9-3-4-10-11(7-9)19-6-5-18-10/h3-4,7-8,12H,5-6,15H2,1-2H3. The molecule has 0 radical (unpaired) electrons. The zero-order valence-electron chi connectivity index (χ0n) is 11.5. The van der Waals surface area contributed by atoms with Crippen LogP contribution in [0.15, 0.2) is 18.2 Å². The van der Waals surface area contributed by atoms with E-state index in [2.05, 4.69) is 23.4 Å². The van der Waals surface area contributed by atoms with E-state index in [1.807, 2.05) is 18.2 Å². The normalized spacial score (nSPS) is 15.4. The largest absolute Gasteiger partial charge is 0.486 e. The van der Waals surface area contributed by atoms with Gasteiger partial charge in [0.2, 0.25) is 0 Å². The molecule has 2 heterocycles. The monoisotopic (exact) mass is 291 g/mol. The summed E-state index contributed by atoms with van der Waals surface area (Å²) in [6, 6.07) is 5.60. The minimum Gasteiger partial charge on any atom is -0.486 e. The molecule has 1 atom stereocenters. The summed E-state index contributed by atoms with van der Waals surface area (Å²) >= 11 is 1.36. The van der Waals surface area contributed by atoms with E-state index in [4.69, 9.17) is 15.2 Å². The first-order valence-corrected chi connectivity index (χ1v) is 7.41. The van der Waals surface area contributed by atoms with Crippen LogP contribution in [0.4, 0.5) is 0 Å². The molecule has 1 aliphatic heterocycles. The quantitative estimate of drug-likeness (QED) is 0.940. The second-order valence-corrected chi connectivity index (χ2v) is 5.84. The highest BCUT2D eigenvalue weighted by Gasteiger charge is 2.21.